The lowest BCUT2D eigenvalue weighted by Gasteiger charge is -2.07. The first-order chi connectivity index (χ1) is 11.4. The molecule has 7 heteroatoms. The largest absolute Gasteiger partial charge is 0.456 e. The number of ether oxygens (including phenoxy) is 1. The summed E-state index contributed by atoms with van der Waals surface area (Å²) >= 11 is 0. The van der Waals surface area contributed by atoms with Gasteiger partial charge in [-0.2, -0.15) is 0 Å². The summed E-state index contributed by atoms with van der Waals surface area (Å²) in [5, 5.41) is 6.28. The predicted octanol–water partition coefficient (Wildman–Crippen LogP) is 2.85. The normalized spacial score (nSPS) is 10.5. The number of halogens is 1. The summed E-state index contributed by atoms with van der Waals surface area (Å²) in [6.07, 6.45) is 0.556. The first-order valence-corrected chi connectivity index (χ1v) is 7.50. The number of nitrogens with one attached hydrogen (secondary N) is 1. The summed E-state index contributed by atoms with van der Waals surface area (Å²) < 4.78 is 23.3. The van der Waals surface area contributed by atoms with E-state index in [0.29, 0.717) is 23.4 Å². The van der Waals surface area contributed by atoms with Gasteiger partial charge in [0.15, 0.2) is 6.61 Å². The van der Waals surface area contributed by atoms with Crippen LogP contribution in [0.2, 0.25) is 0 Å². The van der Waals surface area contributed by atoms with Gasteiger partial charge in [-0.15, -0.1) is 0 Å². The number of carbonyl (C=O) groups excluding carboxylic acids is 2. The minimum absolute atomic E-state index is 0.120. The maximum Gasteiger partial charge on any atom is 0.306 e. The minimum atomic E-state index is -0.524. The third kappa shape index (κ3) is 4.65. The Morgan fingerprint density at radius 2 is 2.04 bits per heavy atom. The van der Waals surface area contributed by atoms with E-state index < -0.39 is 24.3 Å². The van der Waals surface area contributed by atoms with Gasteiger partial charge in [0.25, 0.3) is 5.91 Å². The molecule has 0 aliphatic carbocycles. The lowest BCUT2D eigenvalue weighted by molar-refractivity contribution is -0.147. The molecule has 1 aromatic carbocycles. The second-order valence-electron chi connectivity index (χ2n) is 5.48. The molecule has 0 bridgehead atoms. The zero-order valence-electron chi connectivity index (χ0n) is 13.8. The number of esters is 1. The van der Waals surface area contributed by atoms with Crippen molar-refractivity contribution < 1.29 is 23.2 Å². The second-order valence-corrected chi connectivity index (χ2v) is 5.48. The highest BCUT2D eigenvalue weighted by Crippen LogP contribution is 2.15. The average molecular weight is 334 g/mol. The van der Waals surface area contributed by atoms with Gasteiger partial charge in [0.1, 0.15) is 11.6 Å². The van der Waals surface area contributed by atoms with Gasteiger partial charge in [-0.05, 0) is 44.9 Å². The van der Waals surface area contributed by atoms with Crippen molar-refractivity contribution in [3.8, 4) is 0 Å². The van der Waals surface area contributed by atoms with Gasteiger partial charge >= 0.3 is 5.97 Å². The van der Waals surface area contributed by atoms with Crippen LogP contribution in [0, 0.1) is 26.6 Å². The molecule has 0 spiro atoms. The Hall–Kier alpha value is -2.70. The van der Waals surface area contributed by atoms with Crippen LogP contribution < -0.4 is 5.32 Å². The van der Waals surface area contributed by atoms with E-state index in [1.807, 2.05) is 0 Å². The molecule has 0 fully saturated rings. The number of hydrogen-bond donors (Lipinski definition) is 1. The highest BCUT2D eigenvalue weighted by molar-refractivity contribution is 5.92. The van der Waals surface area contributed by atoms with Gasteiger partial charge in [0.05, 0.1) is 5.69 Å². The van der Waals surface area contributed by atoms with E-state index in [1.165, 1.54) is 6.07 Å². The van der Waals surface area contributed by atoms with Gasteiger partial charge in [-0.1, -0.05) is 11.2 Å². The molecule has 2 rings (SSSR count). The van der Waals surface area contributed by atoms with Crippen molar-refractivity contribution in [1.82, 2.24) is 5.16 Å². The van der Waals surface area contributed by atoms with Crippen molar-refractivity contribution in [1.29, 1.82) is 0 Å². The van der Waals surface area contributed by atoms with Crippen LogP contribution in [0.3, 0.4) is 0 Å². The van der Waals surface area contributed by atoms with E-state index in [1.54, 1.807) is 32.9 Å². The Bertz CT molecular complexity index is 736. The van der Waals surface area contributed by atoms with Crippen molar-refractivity contribution >= 4 is 17.6 Å². The SMILES string of the molecule is Cc1ccc(NC(=O)COC(=O)CCc2c(C)noc2C)cc1F. The van der Waals surface area contributed by atoms with Crippen LogP contribution in [0.4, 0.5) is 10.1 Å². The minimum Gasteiger partial charge on any atom is -0.456 e. The Labute approximate surface area is 139 Å². The first-order valence-electron chi connectivity index (χ1n) is 7.50. The quantitative estimate of drug-likeness (QED) is 0.822. The summed E-state index contributed by atoms with van der Waals surface area (Å²) in [5.41, 5.74) is 2.40. The molecule has 0 aliphatic rings. The number of aromatic nitrogens is 1. The molecule has 0 aliphatic heterocycles. The molecule has 1 heterocycles. The van der Waals surface area contributed by atoms with E-state index in [2.05, 4.69) is 10.5 Å². The third-order valence-corrected chi connectivity index (χ3v) is 3.58. The third-order valence-electron chi connectivity index (χ3n) is 3.58. The summed E-state index contributed by atoms with van der Waals surface area (Å²) in [5.74, 6) is -0.770. The molecule has 0 atom stereocenters. The fraction of sp³-hybridized carbons (Fsp3) is 0.353. The van der Waals surface area contributed by atoms with Crippen LogP contribution in [0.25, 0.3) is 0 Å². The Kier molecular flexibility index (Phi) is 5.68. The summed E-state index contributed by atoms with van der Waals surface area (Å²) in [4.78, 5) is 23.4. The Morgan fingerprint density at radius 3 is 2.67 bits per heavy atom. The number of nitrogens with zero attached hydrogens (tertiary/aromatic N) is 1. The van der Waals surface area contributed by atoms with Crippen LogP contribution in [0.15, 0.2) is 22.7 Å². The van der Waals surface area contributed by atoms with E-state index in [4.69, 9.17) is 9.26 Å². The van der Waals surface area contributed by atoms with Crippen molar-refractivity contribution in [2.24, 2.45) is 0 Å². The van der Waals surface area contributed by atoms with Crippen molar-refractivity contribution in [2.45, 2.75) is 33.6 Å². The number of aryl methyl sites for hydroxylation is 3. The topological polar surface area (TPSA) is 81.4 Å². The highest BCUT2D eigenvalue weighted by Gasteiger charge is 2.13. The molecule has 1 aromatic heterocycles. The second kappa shape index (κ2) is 7.72. The molecule has 0 saturated heterocycles. The molecule has 128 valence electrons. The first kappa shape index (κ1) is 17.7. The Morgan fingerprint density at radius 1 is 1.29 bits per heavy atom. The summed E-state index contributed by atoms with van der Waals surface area (Å²) in [6, 6.07) is 4.35. The van der Waals surface area contributed by atoms with Crippen LogP contribution >= 0.6 is 0 Å². The lowest BCUT2D eigenvalue weighted by Crippen LogP contribution is -2.21. The standard InChI is InChI=1S/C17H19FN2O4/c1-10-4-5-13(8-15(10)18)19-16(21)9-23-17(22)7-6-14-11(2)20-24-12(14)3/h4-5,8H,6-7,9H2,1-3H3,(H,19,21). The highest BCUT2D eigenvalue weighted by atomic mass is 19.1. The summed E-state index contributed by atoms with van der Waals surface area (Å²) in [7, 11) is 0. The number of amides is 1. The number of anilines is 1. The monoisotopic (exact) mass is 334 g/mol. The molecule has 24 heavy (non-hydrogen) atoms. The molecule has 1 amide bonds. The fourth-order valence-electron chi connectivity index (χ4n) is 2.17. The molecule has 0 saturated carbocycles. The molecule has 0 unspecified atom stereocenters. The van der Waals surface area contributed by atoms with Gasteiger partial charge in [0, 0.05) is 17.7 Å². The molecular formula is C17H19FN2O4. The number of rotatable bonds is 6. The van der Waals surface area contributed by atoms with E-state index >= 15 is 0 Å². The fourth-order valence-corrected chi connectivity index (χ4v) is 2.17. The van der Waals surface area contributed by atoms with E-state index in [-0.39, 0.29) is 6.42 Å². The lowest BCUT2D eigenvalue weighted by atomic mass is 10.1. The number of benzene rings is 1. The van der Waals surface area contributed by atoms with Gasteiger partial charge in [0.2, 0.25) is 0 Å². The molecule has 6 nitrogen and oxygen atoms in total. The molecule has 2 aromatic rings. The number of hydrogen-bond acceptors (Lipinski definition) is 5. The van der Waals surface area contributed by atoms with Gasteiger partial charge in [-0.3, -0.25) is 9.59 Å². The van der Waals surface area contributed by atoms with Crippen molar-refractivity contribution in [2.75, 3.05) is 11.9 Å². The van der Waals surface area contributed by atoms with E-state index in [9.17, 15) is 14.0 Å². The van der Waals surface area contributed by atoms with Crippen LogP contribution in [-0.4, -0.2) is 23.6 Å². The van der Waals surface area contributed by atoms with Crippen molar-refractivity contribution in [3.05, 3.63) is 46.6 Å². The Balaban J connectivity index is 1.76. The van der Waals surface area contributed by atoms with E-state index in [0.717, 1.165) is 11.3 Å². The zero-order chi connectivity index (χ0) is 17.7. The van der Waals surface area contributed by atoms with Crippen molar-refractivity contribution in [3.63, 3.8) is 0 Å². The molecule has 1 N–H and O–H groups in total. The van der Waals surface area contributed by atoms with Gasteiger partial charge in [-0.25, -0.2) is 4.39 Å². The van der Waals surface area contributed by atoms with Crippen LogP contribution in [0.1, 0.15) is 29.0 Å². The zero-order valence-corrected chi connectivity index (χ0v) is 13.8. The molecule has 0 radical (unpaired) electrons. The predicted molar refractivity (Wildman–Crippen MR) is 85.0 cm³/mol. The van der Waals surface area contributed by atoms with Crippen LogP contribution in [0.5, 0.6) is 0 Å². The van der Waals surface area contributed by atoms with Gasteiger partial charge < -0.3 is 14.6 Å². The van der Waals surface area contributed by atoms with Crippen LogP contribution in [-0.2, 0) is 20.7 Å². The maximum absolute atomic E-state index is 13.4. The number of carbonyl (C=O) groups is 2. The summed E-state index contributed by atoms with van der Waals surface area (Å²) in [6.45, 7) is 4.78. The average Bonchev–Trinajstić information content (AvgIpc) is 2.85. The molecular weight excluding hydrogens is 315 g/mol. The maximum atomic E-state index is 13.4. The smallest absolute Gasteiger partial charge is 0.306 e.